The van der Waals surface area contributed by atoms with Gasteiger partial charge in [-0.15, -0.1) is 0 Å². The van der Waals surface area contributed by atoms with Crippen molar-refractivity contribution in [1.29, 1.82) is 0 Å². The van der Waals surface area contributed by atoms with Gasteiger partial charge in [-0.3, -0.25) is 0 Å². The number of benzene rings is 1. The summed E-state index contributed by atoms with van der Waals surface area (Å²) in [6.07, 6.45) is -8.45. The molecule has 2 rings (SSSR count). The van der Waals surface area contributed by atoms with Crippen molar-refractivity contribution < 1.29 is 31.4 Å². The lowest BCUT2D eigenvalue weighted by atomic mass is 9.97. The van der Waals surface area contributed by atoms with E-state index < -0.39 is 29.2 Å². The second kappa shape index (κ2) is 4.31. The molecule has 0 radical (unpaired) electrons. The average molecular weight is 284 g/mol. The van der Waals surface area contributed by atoms with Crippen molar-refractivity contribution in [2.24, 2.45) is 5.92 Å². The topological polar surface area (TPSA) is 20.2 Å². The van der Waals surface area contributed by atoms with E-state index in [0.717, 1.165) is 18.9 Å². The molecule has 7 heteroatoms. The van der Waals surface area contributed by atoms with Crippen molar-refractivity contribution in [3.05, 3.63) is 28.8 Å². The van der Waals surface area contributed by atoms with Crippen LogP contribution in [0.1, 0.15) is 29.5 Å². The summed E-state index contributed by atoms with van der Waals surface area (Å²) in [5, 5.41) is 9.33. The summed E-state index contributed by atoms with van der Waals surface area (Å²) in [5.74, 6) is -1.66. The lowest BCUT2D eigenvalue weighted by Crippen LogP contribution is -2.14. The van der Waals surface area contributed by atoms with E-state index in [-0.39, 0.29) is 17.9 Å². The lowest BCUT2D eigenvalue weighted by molar-refractivity contribution is -0.145. The summed E-state index contributed by atoms with van der Waals surface area (Å²) in [5.41, 5.74) is -3.49. The average Bonchev–Trinajstić information content (AvgIpc) is 2.97. The van der Waals surface area contributed by atoms with Crippen molar-refractivity contribution in [3.63, 3.8) is 0 Å². The van der Waals surface area contributed by atoms with Crippen LogP contribution >= 0.6 is 0 Å². The molecule has 1 fully saturated rings. The van der Waals surface area contributed by atoms with Gasteiger partial charge in [-0.05, 0) is 36.8 Å². The van der Waals surface area contributed by atoms with Crippen LogP contribution in [0.2, 0.25) is 0 Å². The Morgan fingerprint density at radius 3 is 2.00 bits per heavy atom. The second-order valence-corrected chi connectivity index (χ2v) is 4.64. The van der Waals surface area contributed by atoms with Crippen LogP contribution < -0.4 is 0 Å². The zero-order valence-corrected chi connectivity index (χ0v) is 9.57. The fourth-order valence-corrected chi connectivity index (χ4v) is 1.98. The van der Waals surface area contributed by atoms with E-state index in [0.29, 0.717) is 6.07 Å². The Morgan fingerprint density at radius 2 is 1.58 bits per heavy atom. The number of rotatable bonds is 2. The molecule has 0 aromatic heterocycles. The van der Waals surface area contributed by atoms with E-state index in [2.05, 4.69) is 0 Å². The maximum absolute atomic E-state index is 12.8. The third-order valence-electron chi connectivity index (χ3n) is 3.06. The van der Waals surface area contributed by atoms with Crippen LogP contribution in [0.25, 0.3) is 0 Å². The van der Waals surface area contributed by atoms with Crippen molar-refractivity contribution in [1.82, 2.24) is 0 Å². The summed E-state index contributed by atoms with van der Waals surface area (Å²) in [4.78, 5) is 0. The molecular weight excluding hydrogens is 274 g/mol. The Balaban J connectivity index is 2.54. The summed E-state index contributed by atoms with van der Waals surface area (Å²) >= 11 is 0. The minimum Gasteiger partial charge on any atom is -0.507 e. The first-order valence-electron chi connectivity index (χ1n) is 5.60. The Bertz CT molecular complexity index is 484. The molecular formula is C12H10F6O. The van der Waals surface area contributed by atoms with Gasteiger partial charge >= 0.3 is 12.4 Å². The van der Waals surface area contributed by atoms with Gasteiger partial charge in [-0.25, -0.2) is 0 Å². The van der Waals surface area contributed by atoms with Gasteiger partial charge in [-0.1, -0.05) is 6.07 Å². The number of hydrogen-bond acceptors (Lipinski definition) is 1. The van der Waals surface area contributed by atoms with Gasteiger partial charge in [0.2, 0.25) is 0 Å². The molecule has 106 valence electrons. The molecule has 1 nitrogen and oxygen atoms in total. The highest BCUT2D eigenvalue weighted by molar-refractivity contribution is 5.49. The SMILES string of the molecule is Oc1c(C(F)(F)F)ccc(CC2CC2)c1C(F)(F)F. The third kappa shape index (κ3) is 2.96. The summed E-state index contributed by atoms with van der Waals surface area (Å²) in [6, 6.07) is 1.31. The standard InChI is InChI=1S/C12H10F6O/c13-11(14,15)8-4-3-7(5-6-1-2-6)9(10(8)19)12(16,17)18/h3-4,6,19H,1-2,5H2. The molecule has 1 aliphatic carbocycles. The van der Waals surface area contributed by atoms with Crippen LogP contribution in [0.15, 0.2) is 12.1 Å². The van der Waals surface area contributed by atoms with Crippen LogP contribution in [-0.2, 0) is 18.8 Å². The molecule has 0 saturated heterocycles. The van der Waals surface area contributed by atoms with Gasteiger partial charge < -0.3 is 5.11 Å². The van der Waals surface area contributed by atoms with E-state index in [9.17, 15) is 31.4 Å². The monoisotopic (exact) mass is 284 g/mol. The maximum atomic E-state index is 12.8. The molecule has 1 aliphatic rings. The summed E-state index contributed by atoms with van der Waals surface area (Å²) < 4.78 is 76.0. The lowest BCUT2D eigenvalue weighted by Gasteiger charge is -2.18. The molecule has 1 saturated carbocycles. The van der Waals surface area contributed by atoms with Gasteiger partial charge in [-0.2, -0.15) is 26.3 Å². The fourth-order valence-electron chi connectivity index (χ4n) is 1.98. The Hall–Kier alpha value is -1.40. The molecule has 0 unspecified atom stereocenters. The Morgan fingerprint density at radius 1 is 1.00 bits per heavy atom. The summed E-state index contributed by atoms with van der Waals surface area (Å²) in [6.45, 7) is 0. The smallest absolute Gasteiger partial charge is 0.420 e. The molecule has 0 heterocycles. The van der Waals surface area contributed by atoms with E-state index >= 15 is 0 Å². The van der Waals surface area contributed by atoms with Crippen molar-refractivity contribution in [3.8, 4) is 5.75 Å². The number of phenolic OH excluding ortho intramolecular Hbond substituents is 1. The van der Waals surface area contributed by atoms with Crippen LogP contribution in [0.3, 0.4) is 0 Å². The number of alkyl halides is 6. The van der Waals surface area contributed by atoms with Gasteiger partial charge in [0.1, 0.15) is 11.3 Å². The van der Waals surface area contributed by atoms with E-state index in [1.807, 2.05) is 0 Å². The first-order valence-corrected chi connectivity index (χ1v) is 5.60. The van der Waals surface area contributed by atoms with Gasteiger partial charge in [0.15, 0.2) is 0 Å². The van der Waals surface area contributed by atoms with E-state index in [1.165, 1.54) is 0 Å². The minimum atomic E-state index is -5.01. The molecule has 0 amide bonds. The first kappa shape index (κ1) is 14.0. The van der Waals surface area contributed by atoms with Crippen molar-refractivity contribution in [2.75, 3.05) is 0 Å². The summed E-state index contributed by atoms with van der Waals surface area (Å²) in [7, 11) is 0. The third-order valence-corrected chi connectivity index (χ3v) is 3.06. The fraction of sp³-hybridized carbons (Fsp3) is 0.500. The predicted molar refractivity (Wildman–Crippen MR) is 54.5 cm³/mol. The molecule has 0 bridgehead atoms. The Kier molecular flexibility index (Phi) is 3.18. The molecule has 19 heavy (non-hydrogen) atoms. The van der Waals surface area contributed by atoms with Gasteiger partial charge in [0.05, 0.1) is 5.56 Å². The van der Waals surface area contributed by atoms with Crippen LogP contribution in [0.4, 0.5) is 26.3 Å². The molecule has 1 N–H and O–H groups in total. The van der Waals surface area contributed by atoms with E-state index in [4.69, 9.17) is 0 Å². The van der Waals surface area contributed by atoms with Crippen molar-refractivity contribution in [2.45, 2.75) is 31.6 Å². The number of aromatic hydroxyl groups is 1. The van der Waals surface area contributed by atoms with Crippen LogP contribution in [0, 0.1) is 5.92 Å². The minimum absolute atomic E-state index is 0.0422. The maximum Gasteiger partial charge on any atom is 0.420 e. The molecule has 0 spiro atoms. The number of halogens is 6. The van der Waals surface area contributed by atoms with Crippen LogP contribution in [-0.4, -0.2) is 5.11 Å². The normalized spacial score (nSPS) is 16.7. The Labute approximate surface area is 104 Å². The molecule has 0 aliphatic heterocycles. The largest absolute Gasteiger partial charge is 0.507 e. The number of hydrogen-bond donors (Lipinski definition) is 1. The zero-order valence-electron chi connectivity index (χ0n) is 9.57. The highest BCUT2D eigenvalue weighted by Crippen LogP contribution is 2.46. The zero-order chi connectivity index (χ0) is 14.4. The first-order chi connectivity index (χ1) is 8.60. The predicted octanol–water partition coefficient (Wildman–Crippen LogP) is 4.38. The highest BCUT2D eigenvalue weighted by Gasteiger charge is 2.43. The van der Waals surface area contributed by atoms with Gasteiger partial charge in [0.25, 0.3) is 0 Å². The second-order valence-electron chi connectivity index (χ2n) is 4.64. The molecule has 1 aromatic rings. The van der Waals surface area contributed by atoms with Crippen LogP contribution in [0.5, 0.6) is 5.75 Å². The molecule has 0 atom stereocenters. The molecule has 1 aromatic carbocycles. The number of phenols is 1. The van der Waals surface area contributed by atoms with Crippen molar-refractivity contribution >= 4 is 0 Å². The quantitative estimate of drug-likeness (QED) is 0.799. The van der Waals surface area contributed by atoms with E-state index in [1.54, 1.807) is 0 Å². The van der Waals surface area contributed by atoms with Gasteiger partial charge in [0, 0.05) is 0 Å². The highest BCUT2D eigenvalue weighted by atomic mass is 19.4.